The van der Waals surface area contributed by atoms with Gasteiger partial charge in [0.2, 0.25) is 5.91 Å². The highest BCUT2D eigenvalue weighted by Gasteiger charge is 2.43. The van der Waals surface area contributed by atoms with Crippen LogP contribution >= 0.6 is 0 Å². The zero-order valence-electron chi connectivity index (χ0n) is 16.1. The average molecular weight is 379 g/mol. The first-order chi connectivity index (χ1) is 13.7. The van der Waals surface area contributed by atoms with Crippen LogP contribution < -0.4 is 14.5 Å². The molecule has 2 amide bonds. The lowest BCUT2D eigenvalue weighted by molar-refractivity contribution is -0.123. The molecule has 146 valence electrons. The molecule has 1 atom stereocenters. The maximum absolute atomic E-state index is 13.0. The molecule has 0 N–H and O–H groups in total. The summed E-state index contributed by atoms with van der Waals surface area (Å²) in [5.41, 5.74) is 1.82. The van der Waals surface area contributed by atoms with Gasteiger partial charge in [0.15, 0.2) is 0 Å². The molecule has 0 aromatic heterocycles. The quantitative estimate of drug-likeness (QED) is 0.748. The number of nitrogens with zero attached hydrogens (tertiary/aromatic N) is 3. The highest BCUT2D eigenvalue weighted by molar-refractivity contribution is 6.22. The third-order valence-corrected chi connectivity index (χ3v) is 5.41. The van der Waals surface area contributed by atoms with Crippen LogP contribution in [0.5, 0.6) is 5.75 Å². The molecule has 2 aliphatic rings. The van der Waals surface area contributed by atoms with Crippen molar-refractivity contribution < 1.29 is 14.3 Å². The van der Waals surface area contributed by atoms with Crippen molar-refractivity contribution in [3.8, 4) is 5.75 Å². The van der Waals surface area contributed by atoms with Gasteiger partial charge in [-0.25, -0.2) is 4.90 Å². The molecular formula is C22H25N3O3. The van der Waals surface area contributed by atoms with Gasteiger partial charge in [-0.3, -0.25) is 14.5 Å². The van der Waals surface area contributed by atoms with E-state index >= 15 is 0 Å². The molecule has 2 aliphatic heterocycles. The largest absolute Gasteiger partial charge is 0.494 e. The molecule has 6 nitrogen and oxygen atoms in total. The fourth-order valence-electron chi connectivity index (χ4n) is 3.96. The monoisotopic (exact) mass is 379 g/mol. The minimum atomic E-state index is -0.364. The van der Waals surface area contributed by atoms with Crippen LogP contribution in [0.4, 0.5) is 11.4 Å². The topological polar surface area (TPSA) is 53.1 Å². The molecule has 2 saturated heterocycles. The summed E-state index contributed by atoms with van der Waals surface area (Å²) in [6.07, 6.45) is 0.247. The second-order valence-corrected chi connectivity index (χ2v) is 7.07. The van der Waals surface area contributed by atoms with E-state index in [0.717, 1.165) is 31.9 Å². The van der Waals surface area contributed by atoms with Crippen LogP contribution in [0.15, 0.2) is 54.6 Å². The van der Waals surface area contributed by atoms with Gasteiger partial charge in [-0.2, -0.15) is 0 Å². The van der Waals surface area contributed by atoms with E-state index in [0.29, 0.717) is 12.3 Å². The second kappa shape index (κ2) is 8.02. The average Bonchev–Trinajstić information content (AvgIpc) is 3.04. The Balaban J connectivity index is 1.41. The summed E-state index contributed by atoms with van der Waals surface area (Å²) in [5.74, 6) is 0.478. The van der Waals surface area contributed by atoms with Gasteiger partial charge in [0, 0.05) is 31.9 Å². The molecule has 2 aromatic carbocycles. The predicted molar refractivity (Wildman–Crippen MR) is 109 cm³/mol. The van der Waals surface area contributed by atoms with Crippen molar-refractivity contribution in [3.63, 3.8) is 0 Å². The van der Waals surface area contributed by atoms with Crippen LogP contribution in [0, 0.1) is 0 Å². The van der Waals surface area contributed by atoms with E-state index in [1.807, 2.05) is 25.1 Å². The summed E-state index contributed by atoms with van der Waals surface area (Å²) in [5, 5.41) is 0. The van der Waals surface area contributed by atoms with Gasteiger partial charge in [-0.05, 0) is 43.3 Å². The van der Waals surface area contributed by atoms with Crippen LogP contribution in [0.2, 0.25) is 0 Å². The van der Waals surface area contributed by atoms with Crippen LogP contribution in [-0.2, 0) is 9.59 Å². The number of para-hydroxylation sites is 1. The van der Waals surface area contributed by atoms with Crippen molar-refractivity contribution in [2.24, 2.45) is 0 Å². The van der Waals surface area contributed by atoms with Crippen LogP contribution in [0.25, 0.3) is 0 Å². The van der Waals surface area contributed by atoms with E-state index in [1.54, 1.807) is 24.3 Å². The van der Waals surface area contributed by atoms with Gasteiger partial charge in [-0.1, -0.05) is 18.2 Å². The number of anilines is 2. The van der Waals surface area contributed by atoms with Crippen molar-refractivity contribution in [2.75, 3.05) is 42.6 Å². The number of piperazine rings is 1. The third-order valence-electron chi connectivity index (χ3n) is 5.41. The summed E-state index contributed by atoms with van der Waals surface area (Å²) in [6.45, 7) is 5.75. The number of rotatable bonds is 5. The Hall–Kier alpha value is -2.86. The van der Waals surface area contributed by atoms with Crippen molar-refractivity contribution in [2.45, 2.75) is 19.4 Å². The van der Waals surface area contributed by atoms with Gasteiger partial charge >= 0.3 is 0 Å². The number of ether oxygens (including phenoxy) is 1. The SMILES string of the molecule is CCOc1ccc(N2C(=O)CC(N3CCN(c4ccccc4)CC3)C2=O)cc1. The van der Waals surface area contributed by atoms with Crippen LogP contribution in [0.1, 0.15) is 13.3 Å². The first-order valence-electron chi connectivity index (χ1n) is 9.81. The number of amides is 2. The fourth-order valence-corrected chi connectivity index (χ4v) is 3.96. The Labute approximate surface area is 165 Å². The summed E-state index contributed by atoms with van der Waals surface area (Å²) in [6, 6.07) is 17.1. The maximum atomic E-state index is 13.0. The number of benzene rings is 2. The highest BCUT2D eigenvalue weighted by Crippen LogP contribution is 2.28. The Morgan fingerprint density at radius 2 is 1.57 bits per heavy atom. The molecule has 4 rings (SSSR count). The minimum absolute atomic E-state index is 0.123. The van der Waals surface area contributed by atoms with E-state index in [2.05, 4.69) is 21.9 Å². The first-order valence-corrected chi connectivity index (χ1v) is 9.81. The third kappa shape index (κ3) is 3.60. The van der Waals surface area contributed by atoms with Crippen LogP contribution in [-0.4, -0.2) is 55.5 Å². The second-order valence-electron chi connectivity index (χ2n) is 7.07. The van der Waals surface area contributed by atoms with E-state index in [9.17, 15) is 9.59 Å². The molecule has 2 aromatic rings. The molecule has 0 bridgehead atoms. The lowest BCUT2D eigenvalue weighted by Gasteiger charge is -2.38. The van der Waals surface area contributed by atoms with Crippen molar-refractivity contribution >= 4 is 23.2 Å². The van der Waals surface area contributed by atoms with E-state index in [4.69, 9.17) is 4.74 Å². The van der Waals surface area contributed by atoms with Crippen LogP contribution in [0.3, 0.4) is 0 Å². The molecule has 2 heterocycles. The van der Waals surface area contributed by atoms with Crippen molar-refractivity contribution in [3.05, 3.63) is 54.6 Å². The van der Waals surface area contributed by atoms with Gasteiger partial charge in [0.25, 0.3) is 5.91 Å². The molecule has 0 radical (unpaired) electrons. The number of carbonyl (C=O) groups is 2. The Morgan fingerprint density at radius 3 is 2.21 bits per heavy atom. The van der Waals surface area contributed by atoms with Gasteiger partial charge in [-0.15, -0.1) is 0 Å². The molecule has 1 unspecified atom stereocenters. The normalized spacial score (nSPS) is 20.7. The Bertz CT molecular complexity index is 830. The molecule has 6 heteroatoms. The molecule has 2 fully saturated rings. The molecule has 0 spiro atoms. The number of hydrogen-bond donors (Lipinski definition) is 0. The van der Waals surface area contributed by atoms with E-state index in [-0.39, 0.29) is 24.3 Å². The minimum Gasteiger partial charge on any atom is -0.494 e. The predicted octanol–water partition coefficient (Wildman–Crippen LogP) is 2.54. The maximum Gasteiger partial charge on any atom is 0.251 e. The number of imide groups is 1. The zero-order valence-corrected chi connectivity index (χ0v) is 16.1. The lowest BCUT2D eigenvalue weighted by atomic mass is 10.1. The standard InChI is InChI=1S/C22H25N3O3/c1-2-28-19-10-8-18(9-11-19)25-21(26)16-20(22(25)27)24-14-12-23(13-15-24)17-6-4-3-5-7-17/h3-11,20H,2,12-16H2,1H3. The summed E-state index contributed by atoms with van der Waals surface area (Å²) in [7, 11) is 0. The zero-order chi connectivity index (χ0) is 19.5. The first kappa shape index (κ1) is 18.5. The van der Waals surface area contributed by atoms with E-state index < -0.39 is 0 Å². The van der Waals surface area contributed by atoms with Gasteiger partial charge in [0.1, 0.15) is 5.75 Å². The molecule has 28 heavy (non-hydrogen) atoms. The Morgan fingerprint density at radius 1 is 0.893 bits per heavy atom. The highest BCUT2D eigenvalue weighted by atomic mass is 16.5. The molecule has 0 saturated carbocycles. The van der Waals surface area contributed by atoms with Crippen molar-refractivity contribution in [1.82, 2.24) is 4.90 Å². The van der Waals surface area contributed by atoms with Crippen molar-refractivity contribution in [1.29, 1.82) is 0 Å². The van der Waals surface area contributed by atoms with Gasteiger partial charge < -0.3 is 9.64 Å². The lowest BCUT2D eigenvalue weighted by Crippen LogP contribution is -2.52. The molecular weight excluding hydrogens is 354 g/mol. The summed E-state index contributed by atoms with van der Waals surface area (Å²) < 4.78 is 5.44. The van der Waals surface area contributed by atoms with Gasteiger partial charge in [0.05, 0.1) is 24.8 Å². The summed E-state index contributed by atoms with van der Waals surface area (Å²) in [4.78, 5) is 31.4. The number of hydrogen-bond acceptors (Lipinski definition) is 5. The number of carbonyl (C=O) groups excluding carboxylic acids is 2. The van der Waals surface area contributed by atoms with E-state index in [1.165, 1.54) is 10.6 Å². The Kier molecular flexibility index (Phi) is 5.30. The smallest absolute Gasteiger partial charge is 0.251 e. The summed E-state index contributed by atoms with van der Waals surface area (Å²) >= 11 is 0. The molecule has 0 aliphatic carbocycles. The fraction of sp³-hybridized carbons (Fsp3) is 0.364.